The van der Waals surface area contributed by atoms with Crippen LogP contribution in [-0.2, 0) is 6.18 Å². The summed E-state index contributed by atoms with van der Waals surface area (Å²) in [6.45, 7) is 4.34. The summed E-state index contributed by atoms with van der Waals surface area (Å²) >= 11 is 1.66. The molecule has 7 rings (SSSR count). The number of anilines is 1. The van der Waals surface area contributed by atoms with Gasteiger partial charge in [-0.15, -0.1) is 11.3 Å². The van der Waals surface area contributed by atoms with Gasteiger partial charge in [-0.3, -0.25) is 9.88 Å². The van der Waals surface area contributed by atoms with Crippen LogP contribution in [0.1, 0.15) is 5.82 Å². The number of hydrogen-bond acceptors (Lipinski definition) is 7. The fourth-order valence-electron chi connectivity index (χ4n) is 5.25. The Morgan fingerprint density at radius 1 is 0.810 bits per heavy atom. The molecule has 1 fully saturated rings. The van der Waals surface area contributed by atoms with E-state index in [9.17, 15) is 13.2 Å². The second kappa shape index (κ2) is 10.8. The Balaban J connectivity index is 0.991. The molecule has 42 heavy (non-hydrogen) atoms. The first-order valence-corrected chi connectivity index (χ1v) is 14.4. The van der Waals surface area contributed by atoms with Crippen molar-refractivity contribution >= 4 is 39.1 Å². The minimum absolute atomic E-state index is 0.191. The lowest BCUT2D eigenvalue weighted by atomic mass is 10.2. The largest absolute Gasteiger partial charge is 0.490 e. The van der Waals surface area contributed by atoms with Crippen molar-refractivity contribution in [1.29, 1.82) is 0 Å². The number of hydrogen-bond donors (Lipinski definition) is 2. The molecule has 0 amide bonds. The zero-order chi connectivity index (χ0) is 28.7. The van der Waals surface area contributed by atoms with Crippen molar-refractivity contribution in [3.63, 3.8) is 0 Å². The number of para-hydroxylation sites is 2. The number of aromatic amines is 2. The Kier molecular flexibility index (Phi) is 6.79. The number of piperazine rings is 1. The van der Waals surface area contributed by atoms with Gasteiger partial charge < -0.3 is 19.6 Å². The van der Waals surface area contributed by atoms with E-state index in [2.05, 4.69) is 47.9 Å². The second-order valence-electron chi connectivity index (χ2n) is 10.1. The van der Waals surface area contributed by atoms with Gasteiger partial charge in [0.1, 0.15) is 29.2 Å². The minimum Gasteiger partial charge on any atom is -0.490 e. The summed E-state index contributed by atoms with van der Waals surface area (Å²) in [5, 5.41) is 0. The molecule has 1 saturated heterocycles. The second-order valence-corrected chi connectivity index (χ2v) is 11.1. The highest BCUT2D eigenvalue weighted by Crippen LogP contribution is 2.35. The molecule has 4 aromatic heterocycles. The molecule has 5 heterocycles. The van der Waals surface area contributed by atoms with Gasteiger partial charge in [-0.05, 0) is 48.5 Å². The van der Waals surface area contributed by atoms with Gasteiger partial charge in [0.05, 0.1) is 32.2 Å². The zero-order valence-corrected chi connectivity index (χ0v) is 23.2. The minimum atomic E-state index is -4.54. The van der Waals surface area contributed by atoms with Gasteiger partial charge in [0, 0.05) is 38.9 Å². The molecule has 8 nitrogen and oxygen atoms in total. The molecule has 0 spiro atoms. The third kappa shape index (κ3) is 5.19. The Morgan fingerprint density at radius 3 is 2.38 bits per heavy atom. The number of benzene rings is 2. The number of nitrogens with zero attached hydrogens (tertiary/aromatic N) is 5. The molecule has 2 aromatic carbocycles. The summed E-state index contributed by atoms with van der Waals surface area (Å²) in [5.74, 6) is 0.167. The van der Waals surface area contributed by atoms with Crippen LogP contribution in [0.5, 0.6) is 5.75 Å². The lowest BCUT2D eigenvalue weighted by molar-refractivity contribution is -0.144. The van der Waals surface area contributed by atoms with E-state index in [0.717, 1.165) is 64.2 Å². The number of imidazole rings is 2. The molecule has 0 bridgehead atoms. The van der Waals surface area contributed by atoms with Crippen molar-refractivity contribution in [2.45, 2.75) is 6.18 Å². The van der Waals surface area contributed by atoms with Gasteiger partial charge in [0.15, 0.2) is 0 Å². The van der Waals surface area contributed by atoms with E-state index in [1.54, 1.807) is 35.7 Å². The van der Waals surface area contributed by atoms with Gasteiger partial charge in [-0.1, -0.05) is 18.2 Å². The SMILES string of the molecule is FC(F)(F)c1nc2c(OCCN3CCN(c4cccc5[nH]c(-c6ccc(-c7ccccn7)s6)nc45)CC3)cccc2[nH]1. The highest BCUT2D eigenvalue weighted by Gasteiger charge is 2.35. The van der Waals surface area contributed by atoms with Crippen molar-refractivity contribution < 1.29 is 17.9 Å². The van der Waals surface area contributed by atoms with Crippen molar-refractivity contribution in [3.05, 3.63) is 78.8 Å². The van der Waals surface area contributed by atoms with Crippen LogP contribution in [0.3, 0.4) is 0 Å². The molecule has 0 atom stereocenters. The summed E-state index contributed by atoms with van der Waals surface area (Å²) in [6, 6.07) is 21.1. The van der Waals surface area contributed by atoms with E-state index in [1.807, 2.05) is 30.3 Å². The average molecular weight is 590 g/mol. The molecular weight excluding hydrogens is 563 g/mol. The maximum absolute atomic E-state index is 13.1. The molecule has 1 aliphatic rings. The van der Waals surface area contributed by atoms with Crippen LogP contribution in [0, 0.1) is 0 Å². The first-order valence-electron chi connectivity index (χ1n) is 13.6. The van der Waals surface area contributed by atoms with Crippen molar-refractivity contribution in [2.75, 3.05) is 44.2 Å². The number of ether oxygens (including phenoxy) is 1. The summed E-state index contributed by atoms with van der Waals surface area (Å²) in [6.07, 6.45) is -2.74. The molecule has 2 N–H and O–H groups in total. The fraction of sp³-hybridized carbons (Fsp3) is 0.233. The van der Waals surface area contributed by atoms with E-state index in [1.165, 1.54) is 0 Å². The summed E-state index contributed by atoms with van der Waals surface area (Å²) in [5.41, 5.74) is 4.48. The lowest BCUT2D eigenvalue weighted by Gasteiger charge is -2.36. The first kappa shape index (κ1) is 26.5. The molecule has 0 unspecified atom stereocenters. The molecule has 214 valence electrons. The third-order valence-corrected chi connectivity index (χ3v) is 8.48. The smallest absolute Gasteiger partial charge is 0.449 e. The van der Waals surface area contributed by atoms with E-state index >= 15 is 0 Å². The highest BCUT2D eigenvalue weighted by molar-refractivity contribution is 7.18. The van der Waals surface area contributed by atoms with Crippen LogP contribution in [0.15, 0.2) is 72.9 Å². The van der Waals surface area contributed by atoms with Crippen molar-refractivity contribution in [3.8, 4) is 27.0 Å². The predicted octanol–water partition coefficient (Wildman–Crippen LogP) is 6.45. The number of alkyl halides is 3. The standard InChI is InChI=1S/C30H26F3N7OS/c31-30(32,33)29-36-21-7-4-9-23(27(21)38-29)41-18-17-39-13-15-40(16-14-39)22-8-3-6-20-26(22)37-28(35-20)25-11-10-24(42-25)19-5-1-2-12-34-19/h1-12H,13-18H2,(H,35,37)(H,36,38). The Hall–Kier alpha value is -4.42. The highest BCUT2D eigenvalue weighted by atomic mass is 32.1. The van der Waals surface area contributed by atoms with E-state index < -0.39 is 12.0 Å². The maximum atomic E-state index is 13.1. The van der Waals surface area contributed by atoms with Gasteiger partial charge in [0.25, 0.3) is 0 Å². The van der Waals surface area contributed by atoms with E-state index in [4.69, 9.17) is 9.72 Å². The molecule has 6 aromatic rings. The quantitative estimate of drug-likeness (QED) is 0.223. The summed E-state index contributed by atoms with van der Waals surface area (Å²) < 4.78 is 45.1. The van der Waals surface area contributed by atoms with Gasteiger partial charge >= 0.3 is 6.18 Å². The van der Waals surface area contributed by atoms with Crippen LogP contribution < -0.4 is 9.64 Å². The Bertz CT molecular complexity index is 1840. The number of thiophene rings is 1. The van der Waals surface area contributed by atoms with Crippen LogP contribution in [0.25, 0.3) is 43.3 Å². The van der Waals surface area contributed by atoms with E-state index in [-0.39, 0.29) is 5.52 Å². The molecule has 0 aliphatic carbocycles. The van der Waals surface area contributed by atoms with Crippen LogP contribution in [0.4, 0.5) is 18.9 Å². The molecular formula is C30H26F3N7OS. The molecule has 12 heteroatoms. The first-order chi connectivity index (χ1) is 20.4. The number of rotatable bonds is 7. The van der Waals surface area contributed by atoms with Gasteiger partial charge in [0.2, 0.25) is 5.82 Å². The van der Waals surface area contributed by atoms with Crippen molar-refractivity contribution in [2.24, 2.45) is 0 Å². The Morgan fingerprint density at radius 2 is 1.60 bits per heavy atom. The summed E-state index contributed by atoms with van der Waals surface area (Å²) in [7, 11) is 0. The van der Waals surface area contributed by atoms with E-state index in [0.29, 0.717) is 24.4 Å². The van der Waals surface area contributed by atoms with Crippen LogP contribution in [-0.4, -0.2) is 69.2 Å². The number of fused-ring (bicyclic) bond motifs is 2. The fourth-order valence-corrected chi connectivity index (χ4v) is 6.18. The predicted molar refractivity (Wildman–Crippen MR) is 158 cm³/mol. The van der Waals surface area contributed by atoms with Crippen LogP contribution in [0.2, 0.25) is 0 Å². The summed E-state index contributed by atoms with van der Waals surface area (Å²) in [4.78, 5) is 25.8. The lowest BCUT2D eigenvalue weighted by Crippen LogP contribution is -2.47. The topological polar surface area (TPSA) is 86.0 Å². The van der Waals surface area contributed by atoms with Crippen molar-refractivity contribution in [1.82, 2.24) is 29.8 Å². The third-order valence-electron chi connectivity index (χ3n) is 7.37. The number of H-pyrrole nitrogens is 2. The molecule has 0 saturated carbocycles. The normalized spacial score (nSPS) is 14.7. The zero-order valence-electron chi connectivity index (χ0n) is 22.4. The average Bonchev–Trinajstić information content (AvgIpc) is 3.76. The van der Waals surface area contributed by atoms with Gasteiger partial charge in [-0.2, -0.15) is 13.2 Å². The molecule has 1 aliphatic heterocycles. The number of aromatic nitrogens is 5. The maximum Gasteiger partial charge on any atom is 0.449 e. The molecule has 0 radical (unpaired) electrons. The Labute approximate surface area is 242 Å². The number of halogens is 3. The van der Waals surface area contributed by atoms with Gasteiger partial charge in [-0.25, -0.2) is 9.97 Å². The monoisotopic (exact) mass is 589 g/mol. The number of pyridine rings is 1. The van der Waals surface area contributed by atoms with Crippen LogP contribution >= 0.6 is 11.3 Å². The number of nitrogens with one attached hydrogen (secondary N) is 2.